The first-order chi connectivity index (χ1) is 10.3. The fourth-order valence-corrected chi connectivity index (χ4v) is 1.86. The van der Waals surface area contributed by atoms with Crippen molar-refractivity contribution in [2.75, 3.05) is 19.0 Å². The summed E-state index contributed by atoms with van der Waals surface area (Å²) in [5.74, 6) is 0.538. The van der Waals surface area contributed by atoms with Gasteiger partial charge in [0.05, 0.1) is 13.5 Å². The van der Waals surface area contributed by atoms with Gasteiger partial charge in [-0.15, -0.1) is 0 Å². The van der Waals surface area contributed by atoms with Gasteiger partial charge in [0.2, 0.25) is 0 Å². The molecule has 110 valence electrons. The SMILES string of the molecule is COc1cccc(COC(=O)CCNc2ccccc2)c1. The molecule has 0 fully saturated rings. The van der Waals surface area contributed by atoms with Crippen LogP contribution in [0.1, 0.15) is 12.0 Å². The molecule has 0 unspecified atom stereocenters. The quantitative estimate of drug-likeness (QED) is 0.793. The first-order valence-electron chi connectivity index (χ1n) is 6.85. The minimum absolute atomic E-state index is 0.221. The Balaban J connectivity index is 1.70. The number of rotatable bonds is 7. The molecule has 2 aromatic carbocycles. The molecule has 0 spiro atoms. The highest BCUT2D eigenvalue weighted by Gasteiger charge is 2.04. The Morgan fingerprint density at radius 3 is 2.67 bits per heavy atom. The smallest absolute Gasteiger partial charge is 0.307 e. The van der Waals surface area contributed by atoms with E-state index in [9.17, 15) is 4.79 Å². The molecule has 0 atom stereocenters. The zero-order chi connectivity index (χ0) is 14.9. The van der Waals surface area contributed by atoms with E-state index in [2.05, 4.69) is 5.32 Å². The lowest BCUT2D eigenvalue weighted by molar-refractivity contribution is -0.144. The van der Waals surface area contributed by atoms with Gasteiger partial charge in [0, 0.05) is 12.2 Å². The van der Waals surface area contributed by atoms with Crippen LogP contribution in [0.25, 0.3) is 0 Å². The van der Waals surface area contributed by atoms with Crippen LogP contribution in [0.5, 0.6) is 5.75 Å². The fraction of sp³-hybridized carbons (Fsp3) is 0.235. The summed E-state index contributed by atoms with van der Waals surface area (Å²) in [5.41, 5.74) is 1.91. The van der Waals surface area contributed by atoms with Crippen LogP contribution in [-0.2, 0) is 16.1 Å². The summed E-state index contributed by atoms with van der Waals surface area (Å²) in [6.45, 7) is 0.822. The molecule has 0 amide bonds. The molecule has 2 rings (SSSR count). The van der Waals surface area contributed by atoms with Gasteiger partial charge in [0.25, 0.3) is 0 Å². The zero-order valence-electron chi connectivity index (χ0n) is 12.0. The van der Waals surface area contributed by atoms with E-state index in [0.29, 0.717) is 13.0 Å². The molecule has 0 radical (unpaired) electrons. The summed E-state index contributed by atoms with van der Waals surface area (Å²) in [4.78, 5) is 11.7. The summed E-state index contributed by atoms with van der Waals surface area (Å²) >= 11 is 0. The van der Waals surface area contributed by atoms with Gasteiger partial charge in [0.15, 0.2) is 0 Å². The first kappa shape index (κ1) is 14.9. The molecule has 4 heteroatoms. The van der Waals surface area contributed by atoms with E-state index in [0.717, 1.165) is 17.0 Å². The second-order valence-corrected chi connectivity index (χ2v) is 4.56. The molecule has 0 saturated heterocycles. The predicted molar refractivity (Wildman–Crippen MR) is 82.3 cm³/mol. The number of anilines is 1. The third kappa shape index (κ3) is 5.18. The highest BCUT2D eigenvalue weighted by molar-refractivity contribution is 5.70. The van der Waals surface area contributed by atoms with E-state index in [4.69, 9.17) is 9.47 Å². The van der Waals surface area contributed by atoms with Crippen LogP contribution in [0.3, 0.4) is 0 Å². The average molecular weight is 285 g/mol. The predicted octanol–water partition coefficient (Wildman–Crippen LogP) is 3.24. The molecule has 0 aliphatic carbocycles. The fourth-order valence-electron chi connectivity index (χ4n) is 1.86. The number of carbonyl (C=O) groups excluding carboxylic acids is 1. The maximum absolute atomic E-state index is 11.7. The van der Waals surface area contributed by atoms with Gasteiger partial charge in [-0.1, -0.05) is 30.3 Å². The van der Waals surface area contributed by atoms with Gasteiger partial charge in [0.1, 0.15) is 12.4 Å². The highest BCUT2D eigenvalue weighted by atomic mass is 16.5. The summed E-state index contributed by atoms with van der Waals surface area (Å²) in [7, 11) is 1.61. The highest BCUT2D eigenvalue weighted by Crippen LogP contribution is 2.13. The van der Waals surface area contributed by atoms with Gasteiger partial charge < -0.3 is 14.8 Å². The summed E-state index contributed by atoms with van der Waals surface area (Å²) < 4.78 is 10.4. The van der Waals surface area contributed by atoms with E-state index in [-0.39, 0.29) is 12.6 Å². The van der Waals surface area contributed by atoms with Gasteiger partial charge in [-0.25, -0.2) is 0 Å². The van der Waals surface area contributed by atoms with Crippen LogP contribution in [-0.4, -0.2) is 19.6 Å². The third-order valence-electron chi connectivity index (χ3n) is 2.97. The van der Waals surface area contributed by atoms with Gasteiger partial charge >= 0.3 is 5.97 Å². The minimum Gasteiger partial charge on any atom is -0.497 e. The Bertz CT molecular complexity index is 569. The van der Waals surface area contributed by atoms with Gasteiger partial charge in [-0.3, -0.25) is 4.79 Å². The standard InChI is InChI=1S/C17H19NO3/c1-20-16-9-5-6-14(12-16)13-21-17(19)10-11-18-15-7-3-2-4-8-15/h2-9,12,18H,10-11,13H2,1H3. The monoisotopic (exact) mass is 285 g/mol. The minimum atomic E-state index is -0.221. The Kier molecular flexibility index (Phi) is 5.64. The Morgan fingerprint density at radius 2 is 1.90 bits per heavy atom. The van der Waals surface area contributed by atoms with Crippen molar-refractivity contribution in [3.8, 4) is 5.75 Å². The van der Waals surface area contributed by atoms with Crippen LogP contribution in [0, 0.1) is 0 Å². The number of methoxy groups -OCH3 is 1. The van der Waals surface area contributed by atoms with Crippen LogP contribution >= 0.6 is 0 Å². The van der Waals surface area contributed by atoms with Crippen LogP contribution in [0.4, 0.5) is 5.69 Å². The van der Waals surface area contributed by atoms with E-state index in [1.165, 1.54) is 0 Å². The molecule has 0 heterocycles. The normalized spacial score (nSPS) is 9.95. The lowest BCUT2D eigenvalue weighted by atomic mass is 10.2. The topological polar surface area (TPSA) is 47.6 Å². The zero-order valence-corrected chi connectivity index (χ0v) is 12.0. The summed E-state index contributed by atoms with van der Waals surface area (Å²) in [6, 6.07) is 17.3. The number of hydrogen-bond donors (Lipinski definition) is 1. The van der Waals surface area contributed by atoms with Crippen LogP contribution in [0.2, 0.25) is 0 Å². The van der Waals surface area contributed by atoms with Crippen molar-refractivity contribution >= 4 is 11.7 Å². The number of benzene rings is 2. The molecule has 0 aliphatic heterocycles. The Labute approximate surface area is 124 Å². The molecule has 4 nitrogen and oxygen atoms in total. The van der Waals surface area contributed by atoms with E-state index in [1.54, 1.807) is 7.11 Å². The lowest BCUT2D eigenvalue weighted by Crippen LogP contribution is -2.11. The Morgan fingerprint density at radius 1 is 1.10 bits per heavy atom. The molecule has 21 heavy (non-hydrogen) atoms. The second kappa shape index (κ2) is 7.94. The van der Waals surface area contributed by atoms with Crippen molar-refractivity contribution in [1.82, 2.24) is 0 Å². The first-order valence-corrected chi connectivity index (χ1v) is 6.85. The van der Waals surface area contributed by atoms with Gasteiger partial charge in [-0.05, 0) is 29.8 Å². The maximum atomic E-state index is 11.7. The van der Waals surface area contributed by atoms with Crippen LogP contribution in [0.15, 0.2) is 54.6 Å². The van der Waals surface area contributed by atoms with Crippen molar-refractivity contribution in [3.05, 3.63) is 60.2 Å². The number of hydrogen-bond acceptors (Lipinski definition) is 4. The van der Waals surface area contributed by atoms with Crippen molar-refractivity contribution in [2.24, 2.45) is 0 Å². The maximum Gasteiger partial charge on any atom is 0.307 e. The van der Waals surface area contributed by atoms with Crippen molar-refractivity contribution in [2.45, 2.75) is 13.0 Å². The van der Waals surface area contributed by atoms with E-state index in [1.807, 2.05) is 54.6 Å². The molecule has 0 aliphatic rings. The van der Waals surface area contributed by atoms with Crippen LogP contribution < -0.4 is 10.1 Å². The number of carbonyl (C=O) groups is 1. The van der Waals surface area contributed by atoms with Gasteiger partial charge in [-0.2, -0.15) is 0 Å². The molecule has 1 N–H and O–H groups in total. The van der Waals surface area contributed by atoms with E-state index >= 15 is 0 Å². The number of para-hydroxylation sites is 1. The summed E-state index contributed by atoms with van der Waals surface area (Å²) in [5, 5.41) is 3.17. The summed E-state index contributed by atoms with van der Waals surface area (Å²) in [6.07, 6.45) is 0.332. The largest absolute Gasteiger partial charge is 0.497 e. The van der Waals surface area contributed by atoms with E-state index < -0.39 is 0 Å². The average Bonchev–Trinajstić information content (AvgIpc) is 2.54. The molecule has 0 bridgehead atoms. The molecular weight excluding hydrogens is 266 g/mol. The van der Waals surface area contributed by atoms with Crippen molar-refractivity contribution in [3.63, 3.8) is 0 Å². The number of esters is 1. The molecule has 0 aromatic heterocycles. The third-order valence-corrected chi connectivity index (χ3v) is 2.97. The number of nitrogens with one attached hydrogen (secondary N) is 1. The second-order valence-electron chi connectivity index (χ2n) is 4.56. The molecular formula is C17H19NO3. The number of ether oxygens (including phenoxy) is 2. The lowest BCUT2D eigenvalue weighted by Gasteiger charge is -2.08. The molecule has 2 aromatic rings. The Hall–Kier alpha value is -2.49. The van der Waals surface area contributed by atoms with Crippen molar-refractivity contribution in [1.29, 1.82) is 0 Å². The van der Waals surface area contributed by atoms with Crippen molar-refractivity contribution < 1.29 is 14.3 Å². The molecule has 0 saturated carbocycles.